The van der Waals surface area contributed by atoms with Crippen LogP contribution in [0.5, 0.6) is 0 Å². The van der Waals surface area contributed by atoms with Crippen molar-refractivity contribution in [3.05, 3.63) is 29.3 Å². The van der Waals surface area contributed by atoms with Gasteiger partial charge in [0.05, 0.1) is 16.7 Å². The lowest BCUT2D eigenvalue weighted by atomic mass is 10.1. The molecule has 1 aromatic rings. The van der Waals surface area contributed by atoms with Crippen molar-refractivity contribution < 1.29 is 14.7 Å². The van der Waals surface area contributed by atoms with Crippen molar-refractivity contribution in [2.24, 2.45) is 5.92 Å². The van der Waals surface area contributed by atoms with Crippen LogP contribution >= 0.6 is 23.4 Å². The number of rotatable bonds is 4. The van der Waals surface area contributed by atoms with Crippen molar-refractivity contribution in [2.75, 3.05) is 18.8 Å². The fourth-order valence-corrected chi connectivity index (χ4v) is 3.12. The van der Waals surface area contributed by atoms with Gasteiger partial charge in [0.15, 0.2) is 0 Å². The molecule has 1 aliphatic heterocycles. The van der Waals surface area contributed by atoms with E-state index in [9.17, 15) is 9.59 Å². The summed E-state index contributed by atoms with van der Waals surface area (Å²) in [4.78, 5) is 25.3. The largest absolute Gasteiger partial charge is 0.481 e. The second-order valence-corrected chi connectivity index (χ2v) is 5.81. The lowest BCUT2D eigenvalue weighted by molar-refractivity contribution is -0.141. The van der Waals surface area contributed by atoms with Crippen LogP contribution in [-0.2, 0) is 9.59 Å². The predicted molar refractivity (Wildman–Crippen MR) is 74.5 cm³/mol. The Kier molecular flexibility index (Phi) is 4.71. The minimum absolute atomic E-state index is 0.0336. The van der Waals surface area contributed by atoms with Crippen LogP contribution in [0.1, 0.15) is 6.42 Å². The Morgan fingerprint density at radius 2 is 2.16 bits per heavy atom. The highest BCUT2D eigenvalue weighted by atomic mass is 35.5. The number of likely N-dealkylation sites (tertiary alicyclic amines) is 1. The van der Waals surface area contributed by atoms with Gasteiger partial charge in [0.2, 0.25) is 5.91 Å². The van der Waals surface area contributed by atoms with Crippen LogP contribution in [0.4, 0.5) is 0 Å². The molecule has 2 rings (SSSR count). The Labute approximate surface area is 120 Å². The number of aliphatic carboxylic acids is 1. The molecule has 19 heavy (non-hydrogen) atoms. The van der Waals surface area contributed by atoms with Crippen LogP contribution in [0.15, 0.2) is 29.2 Å². The summed E-state index contributed by atoms with van der Waals surface area (Å²) >= 11 is 7.39. The number of carbonyl (C=O) groups excluding carboxylic acids is 1. The van der Waals surface area contributed by atoms with E-state index in [1.54, 1.807) is 11.0 Å². The van der Waals surface area contributed by atoms with Gasteiger partial charge >= 0.3 is 5.97 Å². The number of carboxylic acids is 1. The molecule has 4 nitrogen and oxygen atoms in total. The molecule has 1 amide bonds. The van der Waals surface area contributed by atoms with E-state index >= 15 is 0 Å². The van der Waals surface area contributed by atoms with Crippen LogP contribution < -0.4 is 0 Å². The van der Waals surface area contributed by atoms with Crippen molar-refractivity contribution >= 4 is 35.2 Å². The van der Waals surface area contributed by atoms with Crippen LogP contribution in [0.2, 0.25) is 5.02 Å². The summed E-state index contributed by atoms with van der Waals surface area (Å²) in [6.45, 7) is 0.843. The number of halogens is 1. The van der Waals surface area contributed by atoms with E-state index in [1.807, 2.05) is 18.2 Å². The van der Waals surface area contributed by atoms with Gasteiger partial charge in [-0.05, 0) is 18.6 Å². The molecule has 1 saturated heterocycles. The number of nitrogens with zero attached hydrogens (tertiary/aromatic N) is 1. The normalized spacial score (nSPS) is 18.6. The maximum absolute atomic E-state index is 12.0. The van der Waals surface area contributed by atoms with E-state index < -0.39 is 11.9 Å². The number of hydrogen-bond acceptors (Lipinski definition) is 3. The first-order valence-electron chi connectivity index (χ1n) is 5.96. The van der Waals surface area contributed by atoms with Crippen molar-refractivity contribution in [1.82, 2.24) is 4.90 Å². The van der Waals surface area contributed by atoms with Crippen molar-refractivity contribution in [3.8, 4) is 0 Å². The second kappa shape index (κ2) is 6.30. The summed E-state index contributed by atoms with van der Waals surface area (Å²) in [5.41, 5.74) is 0. The molecule has 0 spiro atoms. The molecule has 0 bridgehead atoms. The maximum atomic E-state index is 12.0. The number of carboxylic acid groups (broad SMARTS) is 1. The average molecular weight is 300 g/mol. The molecule has 102 valence electrons. The third-order valence-corrected chi connectivity index (χ3v) is 4.58. The Balaban J connectivity index is 1.86. The van der Waals surface area contributed by atoms with E-state index in [4.69, 9.17) is 16.7 Å². The Morgan fingerprint density at radius 3 is 2.79 bits per heavy atom. The quantitative estimate of drug-likeness (QED) is 0.867. The van der Waals surface area contributed by atoms with Gasteiger partial charge in [0, 0.05) is 18.0 Å². The fraction of sp³-hybridized carbons (Fsp3) is 0.385. The third kappa shape index (κ3) is 3.64. The number of thioether (sulfide) groups is 1. The molecular weight excluding hydrogens is 286 g/mol. The van der Waals surface area contributed by atoms with Gasteiger partial charge in [-0.1, -0.05) is 23.7 Å². The third-order valence-electron chi connectivity index (χ3n) is 3.08. The number of carbonyl (C=O) groups is 2. The Bertz CT molecular complexity index is 495. The van der Waals surface area contributed by atoms with Gasteiger partial charge in [-0.2, -0.15) is 0 Å². The first kappa shape index (κ1) is 14.2. The smallest absolute Gasteiger partial charge is 0.308 e. The number of amides is 1. The van der Waals surface area contributed by atoms with Crippen LogP contribution in [0.3, 0.4) is 0 Å². The molecule has 0 aliphatic carbocycles. The molecule has 1 N–H and O–H groups in total. The lowest BCUT2D eigenvalue weighted by Gasteiger charge is -2.15. The van der Waals surface area contributed by atoms with Gasteiger partial charge < -0.3 is 10.0 Å². The zero-order valence-corrected chi connectivity index (χ0v) is 11.8. The minimum atomic E-state index is -0.825. The SMILES string of the molecule is O=C(O)C1CCN(C(=O)CSc2ccccc2Cl)C1. The summed E-state index contributed by atoms with van der Waals surface area (Å²) in [6, 6.07) is 7.36. The average Bonchev–Trinajstić information content (AvgIpc) is 2.87. The van der Waals surface area contributed by atoms with E-state index in [0.717, 1.165) is 4.90 Å². The van der Waals surface area contributed by atoms with Crippen molar-refractivity contribution in [3.63, 3.8) is 0 Å². The van der Waals surface area contributed by atoms with Gasteiger partial charge in [0.25, 0.3) is 0 Å². The molecule has 1 unspecified atom stereocenters. The van der Waals surface area contributed by atoms with Crippen LogP contribution in [0, 0.1) is 5.92 Å². The van der Waals surface area contributed by atoms with Crippen molar-refractivity contribution in [1.29, 1.82) is 0 Å². The maximum Gasteiger partial charge on any atom is 0.308 e. The Morgan fingerprint density at radius 1 is 1.42 bits per heavy atom. The van der Waals surface area contributed by atoms with E-state index in [1.165, 1.54) is 11.8 Å². The molecule has 0 saturated carbocycles. The summed E-state index contributed by atoms with van der Waals surface area (Å²) in [6.07, 6.45) is 0.540. The topological polar surface area (TPSA) is 57.6 Å². The second-order valence-electron chi connectivity index (χ2n) is 4.38. The van der Waals surface area contributed by atoms with E-state index in [2.05, 4.69) is 0 Å². The van der Waals surface area contributed by atoms with E-state index in [0.29, 0.717) is 24.5 Å². The van der Waals surface area contributed by atoms with Crippen LogP contribution in [0.25, 0.3) is 0 Å². The number of hydrogen-bond donors (Lipinski definition) is 1. The molecule has 6 heteroatoms. The monoisotopic (exact) mass is 299 g/mol. The molecular formula is C13H14ClNO3S. The molecule has 1 atom stereocenters. The zero-order valence-electron chi connectivity index (χ0n) is 10.2. The Hall–Kier alpha value is -1.20. The molecule has 1 aliphatic rings. The van der Waals surface area contributed by atoms with Crippen LogP contribution in [-0.4, -0.2) is 40.7 Å². The molecule has 0 radical (unpaired) electrons. The first-order chi connectivity index (χ1) is 9.08. The zero-order chi connectivity index (χ0) is 13.8. The predicted octanol–water partition coefficient (Wildman–Crippen LogP) is 2.37. The summed E-state index contributed by atoms with van der Waals surface area (Å²) < 4.78 is 0. The lowest BCUT2D eigenvalue weighted by Crippen LogP contribution is -2.31. The molecule has 1 fully saturated rings. The summed E-state index contributed by atoms with van der Waals surface area (Å²) in [5, 5.41) is 9.53. The van der Waals surface area contributed by atoms with Crippen molar-refractivity contribution in [2.45, 2.75) is 11.3 Å². The summed E-state index contributed by atoms with van der Waals surface area (Å²) in [7, 11) is 0. The molecule has 1 heterocycles. The van der Waals surface area contributed by atoms with Gasteiger partial charge in [-0.25, -0.2) is 0 Å². The van der Waals surface area contributed by atoms with Gasteiger partial charge in [-0.15, -0.1) is 11.8 Å². The van der Waals surface area contributed by atoms with Gasteiger partial charge in [0.1, 0.15) is 0 Å². The first-order valence-corrected chi connectivity index (χ1v) is 7.32. The van der Waals surface area contributed by atoms with Gasteiger partial charge in [-0.3, -0.25) is 9.59 Å². The summed E-state index contributed by atoms with van der Waals surface area (Å²) in [5.74, 6) is -0.993. The minimum Gasteiger partial charge on any atom is -0.481 e. The molecule has 1 aromatic carbocycles. The highest BCUT2D eigenvalue weighted by molar-refractivity contribution is 8.00. The van der Waals surface area contributed by atoms with E-state index in [-0.39, 0.29) is 11.7 Å². The highest BCUT2D eigenvalue weighted by Gasteiger charge is 2.30. The standard InChI is InChI=1S/C13H14ClNO3S/c14-10-3-1-2-4-11(10)19-8-12(16)15-6-5-9(7-15)13(17)18/h1-4,9H,5-8H2,(H,17,18). The molecule has 0 aromatic heterocycles. The fourth-order valence-electron chi connectivity index (χ4n) is 1.98. The number of benzene rings is 1. The highest BCUT2D eigenvalue weighted by Crippen LogP contribution is 2.27.